The molecule has 1 aromatic heterocycles. The monoisotopic (exact) mass is 316 g/mol. The second-order valence-corrected chi connectivity index (χ2v) is 4.90. The minimum absolute atomic E-state index is 0.227. The van der Waals surface area contributed by atoms with Crippen LogP contribution in [0.15, 0.2) is 35.3 Å². The average Bonchev–Trinajstić information content (AvgIpc) is 2.88. The molecule has 0 spiro atoms. The van der Waals surface area contributed by atoms with Gasteiger partial charge in [-0.25, -0.2) is 4.98 Å². The average molecular weight is 316 g/mol. The molecule has 0 bridgehead atoms. The molecule has 1 amide bonds. The fourth-order valence-electron chi connectivity index (χ4n) is 1.95. The SMILES string of the molecule is C=CCOc1ccc(C(=O)NCc2nc(C)c(C)o2)cc1OC. The molecule has 0 aliphatic rings. The van der Waals surface area contributed by atoms with Gasteiger partial charge in [-0.2, -0.15) is 0 Å². The number of oxazole rings is 1. The highest BCUT2D eigenvalue weighted by Gasteiger charge is 2.12. The predicted octanol–water partition coefficient (Wildman–Crippen LogP) is 2.79. The van der Waals surface area contributed by atoms with Crippen molar-refractivity contribution in [3.05, 3.63) is 53.8 Å². The highest BCUT2D eigenvalue weighted by atomic mass is 16.5. The van der Waals surface area contributed by atoms with E-state index in [0.29, 0.717) is 29.6 Å². The first-order chi connectivity index (χ1) is 11.0. The van der Waals surface area contributed by atoms with Gasteiger partial charge >= 0.3 is 0 Å². The van der Waals surface area contributed by atoms with Crippen molar-refractivity contribution in [2.75, 3.05) is 13.7 Å². The van der Waals surface area contributed by atoms with E-state index < -0.39 is 0 Å². The van der Waals surface area contributed by atoms with E-state index in [2.05, 4.69) is 16.9 Å². The summed E-state index contributed by atoms with van der Waals surface area (Å²) in [6, 6.07) is 4.98. The van der Waals surface area contributed by atoms with Crippen molar-refractivity contribution < 1.29 is 18.7 Å². The number of ether oxygens (including phenoxy) is 2. The van der Waals surface area contributed by atoms with E-state index in [-0.39, 0.29) is 12.5 Å². The van der Waals surface area contributed by atoms with E-state index in [0.717, 1.165) is 11.5 Å². The van der Waals surface area contributed by atoms with E-state index in [9.17, 15) is 4.79 Å². The number of carbonyl (C=O) groups is 1. The highest BCUT2D eigenvalue weighted by Crippen LogP contribution is 2.28. The van der Waals surface area contributed by atoms with Gasteiger partial charge in [0, 0.05) is 5.56 Å². The molecule has 2 aromatic rings. The fraction of sp³-hybridized carbons (Fsp3) is 0.294. The molecule has 0 aliphatic carbocycles. The Morgan fingerprint density at radius 1 is 1.39 bits per heavy atom. The topological polar surface area (TPSA) is 73.6 Å². The van der Waals surface area contributed by atoms with Crippen molar-refractivity contribution in [2.24, 2.45) is 0 Å². The molecule has 0 fully saturated rings. The van der Waals surface area contributed by atoms with Crippen LogP contribution in [0.1, 0.15) is 27.7 Å². The predicted molar refractivity (Wildman–Crippen MR) is 85.8 cm³/mol. The minimum atomic E-state index is -0.243. The van der Waals surface area contributed by atoms with Crippen molar-refractivity contribution in [1.82, 2.24) is 10.3 Å². The zero-order valence-corrected chi connectivity index (χ0v) is 13.5. The number of hydrogen-bond acceptors (Lipinski definition) is 5. The molecule has 0 aliphatic heterocycles. The lowest BCUT2D eigenvalue weighted by molar-refractivity contribution is 0.0946. The van der Waals surface area contributed by atoms with E-state index in [1.807, 2.05) is 13.8 Å². The summed E-state index contributed by atoms with van der Waals surface area (Å²) in [7, 11) is 1.52. The number of amides is 1. The van der Waals surface area contributed by atoms with E-state index >= 15 is 0 Å². The summed E-state index contributed by atoms with van der Waals surface area (Å²) in [6.45, 7) is 7.88. The molecule has 0 saturated carbocycles. The number of nitrogens with zero attached hydrogens (tertiary/aromatic N) is 1. The van der Waals surface area contributed by atoms with Gasteiger partial charge in [0.1, 0.15) is 12.4 Å². The van der Waals surface area contributed by atoms with Crippen LogP contribution in [0.5, 0.6) is 11.5 Å². The Kier molecular flexibility index (Phi) is 5.41. The number of carbonyl (C=O) groups excluding carboxylic acids is 1. The van der Waals surface area contributed by atoms with Gasteiger partial charge in [0.25, 0.3) is 5.91 Å². The van der Waals surface area contributed by atoms with Crippen molar-refractivity contribution in [1.29, 1.82) is 0 Å². The number of aryl methyl sites for hydroxylation is 2. The zero-order valence-electron chi connectivity index (χ0n) is 13.5. The quantitative estimate of drug-likeness (QED) is 0.795. The maximum absolute atomic E-state index is 12.2. The van der Waals surface area contributed by atoms with Gasteiger partial charge in [-0.05, 0) is 32.0 Å². The number of benzene rings is 1. The Morgan fingerprint density at radius 2 is 2.17 bits per heavy atom. The van der Waals surface area contributed by atoms with Crippen LogP contribution >= 0.6 is 0 Å². The van der Waals surface area contributed by atoms with Gasteiger partial charge < -0.3 is 19.2 Å². The number of methoxy groups -OCH3 is 1. The zero-order chi connectivity index (χ0) is 16.8. The summed E-state index contributed by atoms with van der Waals surface area (Å²) in [5, 5.41) is 2.76. The van der Waals surface area contributed by atoms with E-state index in [1.165, 1.54) is 7.11 Å². The van der Waals surface area contributed by atoms with Crippen LogP contribution in [0.25, 0.3) is 0 Å². The van der Waals surface area contributed by atoms with E-state index in [4.69, 9.17) is 13.9 Å². The molecular weight excluding hydrogens is 296 g/mol. The van der Waals surface area contributed by atoms with Crippen LogP contribution in [-0.4, -0.2) is 24.6 Å². The molecular formula is C17H20N2O4. The van der Waals surface area contributed by atoms with Crippen molar-refractivity contribution in [3.63, 3.8) is 0 Å². The lowest BCUT2D eigenvalue weighted by atomic mass is 10.2. The third-order valence-electron chi connectivity index (χ3n) is 3.26. The molecule has 1 heterocycles. The maximum atomic E-state index is 12.2. The standard InChI is InChI=1S/C17H20N2O4/c1-5-8-22-14-7-6-13(9-15(14)21-4)17(20)18-10-16-19-11(2)12(3)23-16/h5-7,9H,1,8,10H2,2-4H3,(H,18,20). The summed E-state index contributed by atoms with van der Waals surface area (Å²) in [5.41, 5.74) is 1.28. The molecule has 6 heteroatoms. The third-order valence-corrected chi connectivity index (χ3v) is 3.26. The molecule has 122 valence electrons. The normalized spacial score (nSPS) is 10.2. The number of nitrogens with one attached hydrogen (secondary N) is 1. The fourth-order valence-corrected chi connectivity index (χ4v) is 1.95. The Balaban J connectivity index is 2.05. The molecule has 1 N–H and O–H groups in total. The minimum Gasteiger partial charge on any atom is -0.493 e. The molecule has 0 saturated heterocycles. The Bertz CT molecular complexity index is 687. The van der Waals surface area contributed by atoms with Crippen LogP contribution in [0.3, 0.4) is 0 Å². The number of aromatic nitrogens is 1. The van der Waals surface area contributed by atoms with Crippen molar-refractivity contribution >= 4 is 5.91 Å². The van der Waals surface area contributed by atoms with Crippen LogP contribution in [0.4, 0.5) is 0 Å². The van der Waals surface area contributed by atoms with Crippen molar-refractivity contribution in [3.8, 4) is 11.5 Å². The first kappa shape index (κ1) is 16.6. The van der Waals surface area contributed by atoms with Gasteiger partial charge in [-0.15, -0.1) is 0 Å². The molecule has 23 heavy (non-hydrogen) atoms. The van der Waals surface area contributed by atoms with Crippen LogP contribution < -0.4 is 14.8 Å². The molecule has 1 aromatic carbocycles. The molecule has 0 atom stereocenters. The van der Waals surface area contributed by atoms with Crippen LogP contribution in [-0.2, 0) is 6.54 Å². The largest absolute Gasteiger partial charge is 0.493 e. The van der Waals surface area contributed by atoms with Gasteiger partial charge in [-0.1, -0.05) is 12.7 Å². The summed E-state index contributed by atoms with van der Waals surface area (Å²) < 4.78 is 16.1. The first-order valence-electron chi connectivity index (χ1n) is 7.18. The van der Waals surface area contributed by atoms with Gasteiger partial charge in [0.05, 0.1) is 19.3 Å². The van der Waals surface area contributed by atoms with E-state index in [1.54, 1.807) is 24.3 Å². The lowest BCUT2D eigenvalue weighted by Crippen LogP contribution is -2.23. The smallest absolute Gasteiger partial charge is 0.251 e. The number of rotatable bonds is 7. The second-order valence-electron chi connectivity index (χ2n) is 4.90. The van der Waals surface area contributed by atoms with Crippen LogP contribution in [0, 0.1) is 13.8 Å². The van der Waals surface area contributed by atoms with Gasteiger partial charge in [-0.3, -0.25) is 4.79 Å². The summed E-state index contributed by atoms with van der Waals surface area (Å²) in [5.74, 6) is 2.03. The second kappa shape index (κ2) is 7.49. The number of hydrogen-bond donors (Lipinski definition) is 1. The summed E-state index contributed by atoms with van der Waals surface area (Å²) >= 11 is 0. The summed E-state index contributed by atoms with van der Waals surface area (Å²) in [4.78, 5) is 16.4. The van der Waals surface area contributed by atoms with Crippen LogP contribution in [0.2, 0.25) is 0 Å². The molecule has 0 unspecified atom stereocenters. The first-order valence-corrected chi connectivity index (χ1v) is 7.18. The van der Waals surface area contributed by atoms with Gasteiger partial charge in [0.15, 0.2) is 11.5 Å². The molecule has 6 nitrogen and oxygen atoms in total. The Labute approximate surface area is 135 Å². The van der Waals surface area contributed by atoms with Crippen molar-refractivity contribution in [2.45, 2.75) is 20.4 Å². The lowest BCUT2D eigenvalue weighted by Gasteiger charge is -2.11. The molecule has 2 rings (SSSR count). The third kappa shape index (κ3) is 4.12. The summed E-state index contributed by atoms with van der Waals surface area (Å²) in [6.07, 6.45) is 1.64. The Hall–Kier alpha value is -2.76. The highest BCUT2D eigenvalue weighted by molar-refractivity contribution is 5.94. The molecule has 0 radical (unpaired) electrons. The Morgan fingerprint density at radius 3 is 2.78 bits per heavy atom. The maximum Gasteiger partial charge on any atom is 0.251 e. The van der Waals surface area contributed by atoms with Gasteiger partial charge in [0.2, 0.25) is 5.89 Å².